The number of hydrogen-bond donors (Lipinski definition) is 1. The van der Waals surface area contributed by atoms with E-state index in [0.29, 0.717) is 24.4 Å². The number of hydrogen-bond acceptors (Lipinski definition) is 2. The summed E-state index contributed by atoms with van der Waals surface area (Å²) < 4.78 is 5.07. The van der Waals surface area contributed by atoms with Gasteiger partial charge in [-0.25, -0.2) is 0 Å². The van der Waals surface area contributed by atoms with E-state index >= 15 is 0 Å². The number of ether oxygens (including phenoxy) is 1. The number of amides is 1. The van der Waals surface area contributed by atoms with Gasteiger partial charge in [0.15, 0.2) is 0 Å². The lowest BCUT2D eigenvalue weighted by molar-refractivity contribution is -0.123. The third kappa shape index (κ3) is 2.59. The van der Waals surface area contributed by atoms with Crippen molar-refractivity contribution < 1.29 is 9.53 Å². The highest BCUT2D eigenvalue weighted by molar-refractivity contribution is 9.09. The zero-order valence-electron chi connectivity index (χ0n) is 9.75. The molecule has 3 atom stereocenters. The van der Waals surface area contributed by atoms with E-state index in [9.17, 15) is 4.79 Å². The Morgan fingerprint density at radius 2 is 2.06 bits per heavy atom. The molecule has 92 valence electrons. The van der Waals surface area contributed by atoms with Crippen molar-refractivity contribution in [2.75, 3.05) is 19.0 Å². The average Bonchev–Trinajstić information content (AvgIpc) is 3.02. The van der Waals surface area contributed by atoms with Crippen LogP contribution in [0.3, 0.4) is 0 Å². The second-order valence-electron chi connectivity index (χ2n) is 4.95. The normalized spacial score (nSPS) is 34.0. The fourth-order valence-electron chi connectivity index (χ4n) is 3.00. The van der Waals surface area contributed by atoms with Crippen LogP contribution < -0.4 is 5.32 Å². The van der Waals surface area contributed by atoms with E-state index in [1.807, 2.05) is 0 Å². The van der Waals surface area contributed by atoms with Crippen molar-refractivity contribution in [1.82, 2.24) is 5.32 Å². The number of carbonyl (C=O) groups is 1. The molecular formula is C12H20BrNO2. The summed E-state index contributed by atoms with van der Waals surface area (Å²) in [4.78, 5) is 12.0. The van der Waals surface area contributed by atoms with Crippen LogP contribution in [0.2, 0.25) is 0 Å². The molecule has 0 aliphatic heterocycles. The molecule has 0 saturated heterocycles. The maximum atomic E-state index is 12.0. The molecule has 16 heavy (non-hydrogen) atoms. The highest BCUT2D eigenvalue weighted by Gasteiger charge is 2.54. The molecule has 0 heterocycles. The third-order valence-electron chi connectivity index (χ3n) is 3.86. The molecule has 4 heteroatoms. The minimum atomic E-state index is 0.111. The first-order valence-electron chi connectivity index (χ1n) is 6.13. The number of carbonyl (C=O) groups excluding carboxylic acids is 1. The van der Waals surface area contributed by atoms with Crippen molar-refractivity contribution in [3.8, 4) is 0 Å². The summed E-state index contributed by atoms with van der Waals surface area (Å²) in [6, 6.07) is 0.111. The molecular weight excluding hydrogens is 270 g/mol. The molecule has 0 spiro atoms. The van der Waals surface area contributed by atoms with Crippen molar-refractivity contribution in [1.29, 1.82) is 0 Å². The highest BCUT2D eigenvalue weighted by Crippen LogP contribution is 2.55. The predicted octanol–water partition coefficient (Wildman–Crippen LogP) is 1.95. The molecule has 0 aromatic heterocycles. The molecule has 2 aliphatic carbocycles. The van der Waals surface area contributed by atoms with Gasteiger partial charge in [-0.2, -0.15) is 0 Å². The van der Waals surface area contributed by atoms with Crippen molar-refractivity contribution in [3.63, 3.8) is 0 Å². The molecule has 2 saturated carbocycles. The van der Waals surface area contributed by atoms with Gasteiger partial charge in [-0.15, -0.1) is 0 Å². The van der Waals surface area contributed by atoms with Crippen LogP contribution in [0.4, 0.5) is 0 Å². The zero-order chi connectivity index (χ0) is 11.5. The van der Waals surface area contributed by atoms with Crippen LogP contribution in [-0.4, -0.2) is 31.0 Å². The number of nitrogens with one attached hydrogen (secondary N) is 1. The van der Waals surface area contributed by atoms with Crippen molar-refractivity contribution >= 4 is 21.8 Å². The Balaban J connectivity index is 1.80. The summed E-state index contributed by atoms with van der Waals surface area (Å²) in [6.45, 7) is 0.582. The lowest BCUT2D eigenvalue weighted by Crippen LogP contribution is -2.40. The lowest BCUT2D eigenvalue weighted by Gasteiger charge is -2.15. The minimum Gasteiger partial charge on any atom is -0.383 e. The quantitative estimate of drug-likeness (QED) is 0.786. The molecule has 0 radical (unpaired) electrons. The Morgan fingerprint density at radius 3 is 2.56 bits per heavy atom. The number of rotatable bonds is 5. The summed E-state index contributed by atoms with van der Waals surface area (Å²) in [7, 11) is 1.67. The number of alkyl halides is 1. The van der Waals surface area contributed by atoms with Crippen LogP contribution in [0.5, 0.6) is 0 Å². The second kappa shape index (κ2) is 5.50. The molecule has 2 fully saturated rings. The van der Waals surface area contributed by atoms with E-state index in [2.05, 4.69) is 21.2 Å². The lowest BCUT2D eigenvalue weighted by atomic mass is 10.0. The first-order chi connectivity index (χ1) is 7.77. The summed E-state index contributed by atoms with van der Waals surface area (Å²) in [6.07, 6.45) is 5.13. The Bertz CT molecular complexity index is 247. The van der Waals surface area contributed by atoms with Gasteiger partial charge in [-0.05, 0) is 24.7 Å². The van der Waals surface area contributed by atoms with Crippen LogP contribution in [0, 0.1) is 17.8 Å². The summed E-state index contributed by atoms with van der Waals surface area (Å²) in [5, 5.41) is 3.83. The SMILES string of the molecule is COCC(CBr)NC(=O)C1C2CCCCC21. The first kappa shape index (κ1) is 12.4. The monoisotopic (exact) mass is 289 g/mol. The maximum Gasteiger partial charge on any atom is 0.224 e. The maximum absolute atomic E-state index is 12.0. The van der Waals surface area contributed by atoms with E-state index in [0.717, 1.165) is 5.33 Å². The predicted molar refractivity (Wildman–Crippen MR) is 66.5 cm³/mol. The topological polar surface area (TPSA) is 38.3 Å². The minimum absolute atomic E-state index is 0.111. The van der Waals surface area contributed by atoms with Gasteiger partial charge in [-0.3, -0.25) is 4.79 Å². The van der Waals surface area contributed by atoms with Gasteiger partial charge < -0.3 is 10.1 Å². The molecule has 1 amide bonds. The van der Waals surface area contributed by atoms with Gasteiger partial charge in [0.1, 0.15) is 0 Å². The summed E-state index contributed by atoms with van der Waals surface area (Å²) in [5.41, 5.74) is 0. The largest absolute Gasteiger partial charge is 0.383 e. The van der Waals surface area contributed by atoms with Gasteiger partial charge in [0.05, 0.1) is 12.6 Å². The average molecular weight is 290 g/mol. The Kier molecular flexibility index (Phi) is 4.25. The zero-order valence-corrected chi connectivity index (χ0v) is 11.3. The Labute approximate surface area is 105 Å². The second-order valence-corrected chi connectivity index (χ2v) is 5.60. The van der Waals surface area contributed by atoms with E-state index in [-0.39, 0.29) is 11.9 Å². The van der Waals surface area contributed by atoms with Gasteiger partial charge in [0.2, 0.25) is 5.91 Å². The molecule has 1 N–H and O–H groups in total. The number of fused-ring (bicyclic) bond motifs is 1. The smallest absolute Gasteiger partial charge is 0.224 e. The van der Waals surface area contributed by atoms with E-state index in [1.165, 1.54) is 25.7 Å². The standard InChI is InChI=1S/C12H20BrNO2/c1-16-7-8(6-13)14-12(15)11-9-4-2-3-5-10(9)11/h8-11H,2-7H2,1H3,(H,14,15). The first-order valence-corrected chi connectivity index (χ1v) is 7.25. The van der Waals surface area contributed by atoms with Crippen LogP contribution in [0.15, 0.2) is 0 Å². The van der Waals surface area contributed by atoms with Crippen LogP contribution in [0.25, 0.3) is 0 Å². The van der Waals surface area contributed by atoms with E-state index in [4.69, 9.17) is 4.74 Å². The van der Waals surface area contributed by atoms with Gasteiger partial charge in [0, 0.05) is 18.4 Å². The fourth-order valence-corrected chi connectivity index (χ4v) is 3.35. The molecule has 0 bridgehead atoms. The molecule has 3 nitrogen and oxygen atoms in total. The van der Waals surface area contributed by atoms with E-state index in [1.54, 1.807) is 7.11 Å². The number of methoxy groups -OCH3 is 1. The molecule has 2 aliphatic rings. The van der Waals surface area contributed by atoms with Crippen molar-refractivity contribution in [2.24, 2.45) is 17.8 Å². The summed E-state index contributed by atoms with van der Waals surface area (Å²) >= 11 is 3.40. The number of halogens is 1. The van der Waals surface area contributed by atoms with Gasteiger partial charge >= 0.3 is 0 Å². The molecule has 2 rings (SSSR count). The van der Waals surface area contributed by atoms with Crippen LogP contribution >= 0.6 is 15.9 Å². The Hall–Kier alpha value is -0.0900. The summed E-state index contributed by atoms with van der Waals surface area (Å²) in [5.74, 6) is 1.93. The van der Waals surface area contributed by atoms with E-state index < -0.39 is 0 Å². The molecule has 0 aromatic carbocycles. The van der Waals surface area contributed by atoms with Gasteiger partial charge in [0.25, 0.3) is 0 Å². The Morgan fingerprint density at radius 1 is 1.44 bits per heavy atom. The van der Waals surface area contributed by atoms with Crippen LogP contribution in [-0.2, 0) is 9.53 Å². The highest BCUT2D eigenvalue weighted by atomic mass is 79.9. The third-order valence-corrected chi connectivity index (χ3v) is 4.64. The van der Waals surface area contributed by atoms with Crippen molar-refractivity contribution in [3.05, 3.63) is 0 Å². The van der Waals surface area contributed by atoms with Crippen LogP contribution in [0.1, 0.15) is 25.7 Å². The van der Waals surface area contributed by atoms with Gasteiger partial charge in [-0.1, -0.05) is 28.8 Å². The molecule has 3 unspecified atom stereocenters. The molecule has 0 aromatic rings. The van der Waals surface area contributed by atoms with Crippen molar-refractivity contribution in [2.45, 2.75) is 31.7 Å². The fraction of sp³-hybridized carbons (Fsp3) is 0.917.